The fraction of sp³-hybridized carbons (Fsp3) is 0.667. The lowest BCUT2D eigenvalue weighted by Crippen LogP contribution is -2.40. The Kier molecular flexibility index (Phi) is 9.69. The molecule has 25 heavy (non-hydrogen) atoms. The van der Waals surface area contributed by atoms with E-state index in [1.54, 1.807) is 4.90 Å². The van der Waals surface area contributed by atoms with Crippen LogP contribution in [0.15, 0.2) is 18.6 Å². The smallest absolute Gasteiger partial charge is 0.274 e. The van der Waals surface area contributed by atoms with Crippen molar-refractivity contribution < 1.29 is 14.3 Å². The zero-order valence-electron chi connectivity index (χ0n) is 15.7. The van der Waals surface area contributed by atoms with Crippen LogP contribution in [-0.4, -0.2) is 59.0 Å². The van der Waals surface area contributed by atoms with Gasteiger partial charge < -0.3 is 15.0 Å². The molecule has 7 heteroatoms. The number of amides is 2. The Bertz CT molecular complexity index is 522. The normalized spacial score (nSPS) is 12.0. The first-order valence-electron chi connectivity index (χ1n) is 8.88. The van der Waals surface area contributed by atoms with Crippen molar-refractivity contribution in [3.63, 3.8) is 0 Å². The number of hydrogen-bond acceptors (Lipinski definition) is 5. The van der Waals surface area contributed by atoms with E-state index in [2.05, 4.69) is 29.1 Å². The second kappa shape index (κ2) is 11.5. The Balaban J connectivity index is 2.61. The standard InChI is InChI=1S/C18H30N4O3/c1-5-25-12-6-10-22(18(24)16-13-19-8-9-20-16)11-7-17(23)21-15(4)14(2)3/h8-9,13-15H,5-7,10-12H2,1-4H3,(H,21,23). The molecular weight excluding hydrogens is 320 g/mol. The van der Waals surface area contributed by atoms with E-state index in [9.17, 15) is 9.59 Å². The number of carbonyl (C=O) groups excluding carboxylic acids is 2. The van der Waals surface area contributed by atoms with Crippen LogP contribution >= 0.6 is 0 Å². The van der Waals surface area contributed by atoms with Crippen LogP contribution in [0.1, 0.15) is 51.0 Å². The molecule has 1 unspecified atom stereocenters. The van der Waals surface area contributed by atoms with Crippen molar-refractivity contribution in [1.82, 2.24) is 20.2 Å². The predicted octanol–water partition coefficient (Wildman–Crippen LogP) is 1.90. The Morgan fingerprint density at radius 1 is 1.24 bits per heavy atom. The number of nitrogens with zero attached hydrogens (tertiary/aromatic N) is 3. The van der Waals surface area contributed by atoms with Crippen molar-refractivity contribution in [2.24, 2.45) is 5.92 Å². The van der Waals surface area contributed by atoms with Crippen LogP contribution in [0.5, 0.6) is 0 Å². The molecule has 0 bridgehead atoms. The lowest BCUT2D eigenvalue weighted by Gasteiger charge is -2.23. The summed E-state index contributed by atoms with van der Waals surface area (Å²) in [7, 11) is 0. The van der Waals surface area contributed by atoms with Crippen molar-refractivity contribution in [2.75, 3.05) is 26.3 Å². The summed E-state index contributed by atoms with van der Waals surface area (Å²) in [6, 6.07) is 0.106. The van der Waals surface area contributed by atoms with E-state index in [-0.39, 0.29) is 30.0 Å². The van der Waals surface area contributed by atoms with Crippen molar-refractivity contribution in [2.45, 2.75) is 46.6 Å². The minimum Gasteiger partial charge on any atom is -0.382 e. The molecule has 0 aromatic carbocycles. The molecule has 0 spiro atoms. The molecule has 0 saturated heterocycles. The predicted molar refractivity (Wildman–Crippen MR) is 96.1 cm³/mol. The molecular formula is C18H30N4O3. The molecule has 1 heterocycles. The summed E-state index contributed by atoms with van der Waals surface area (Å²) in [5, 5.41) is 2.96. The van der Waals surface area contributed by atoms with Crippen LogP contribution < -0.4 is 5.32 Å². The van der Waals surface area contributed by atoms with Gasteiger partial charge in [-0.2, -0.15) is 0 Å². The third kappa shape index (κ3) is 8.07. The molecule has 0 aliphatic carbocycles. The fourth-order valence-corrected chi connectivity index (χ4v) is 2.12. The summed E-state index contributed by atoms with van der Waals surface area (Å²) in [6.45, 7) is 10.1. The van der Waals surface area contributed by atoms with Crippen LogP contribution in [-0.2, 0) is 9.53 Å². The van der Waals surface area contributed by atoms with Gasteiger partial charge in [0.15, 0.2) is 0 Å². The second-order valence-electron chi connectivity index (χ2n) is 6.28. The van der Waals surface area contributed by atoms with Crippen LogP contribution in [0.2, 0.25) is 0 Å². The van der Waals surface area contributed by atoms with E-state index in [0.29, 0.717) is 38.6 Å². The number of nitrogens with one attached hydrogen (secondary N) is 1. The SMILES string of the molecule is CCOCCCN(CCC(=O)NC(C)C(C)C)C(=O)c1cnccn1. The maximum Gasteiger partial charge on any atom is 0.274 e. The van der Waals surface area contributed by atoms with Crippen molar-refractivity contribution in [1.29, 1.82) is 0 Å². The summed E-state index contributed by atoms with van der Waals surface area (Å²) in [5.74, 6) is 0.102. The Morgan fingerprint density at radius 2 is 2.00 bits per heavy atom. The van der Waals surface area contributed by atoms with Gasteiger partial charge in [-0.3, -0.25) is 14.6 Å². The van der Waals surface area contributed by atoms with Gasteiger partial charge >= 0.3 is 0 Å². The molecule has 1 N–H and O–H groups in total. The van der Waals surface area contributed by atoms with E-state index in [0.717, 1.165) is 0 Å². The van der Waals surface area contributed by atoms with Gasteiger partial charge in [0.25, 0.3) is 5.91 Å². The molecule has 2 amide bonds. The molecule has 0 radical (unpaired) electrons. The Morgan fingerprint density at radius 3 is 2.60 bits per heavy atom. The number of hydrogen-bond donors (Lipinski definition) is 1. The lowest BCUT2D eigenvalue weighted by molar-refractivity contribution is -0.122. The lowest BCUT2D eigenvalue weighted by atomic mass is 10.1. The molecule has 0 aliphatic heterocycles. The number of aromatic nitrogens is 2. The molecule has 0 aliphatic rings. The number of carbonyl (C=O) groups is 2. The van der Waals surface area contributed by atoms with Crippen molar-refractivity contribution in [3.05, 3.63) is 24.3 Å². The van der Waals surface area contributed by atoms with Crippen LogP contribution in [0.3, 0.4) is 0 Å². The maximum atomic E-state index is 12.6. The average Bonchev–Trinajstić information content (AvgIpc) is 2.61. The monoisotopic (exact) mass is 350 g/mol. The van der Waals surface area contributed by atoms with Crippen LogP contribution in [0, 0.1) is 5.92 Å². The van der Waals surface area contributed by atoms with E-state index in [1.807, 2.05) is 13.8 Å². The van der Waals surface area contributed by atoms with E-state index in [1.165, 1.54) is 18.6 Å². The summed E-state index contributed by atoms with van der Waals surface area (Å²) < 4.78 is 5.33. The number of ether oxygens (including phenoxy) is 1. The summed E-state index contributed by atoms with van der Waals surface area (Å²) in [6.07, 6.45) is 5.43. The Labute approximate surface area is 150 Å². The molecule has 0 fully saturated rings. The zero-order valence-corrected chi connectivity index (χ0v) is 15.7. The minimum atomic E-state index is -0.214. The fourth-order valence-electron chi connectivity index (χ4n) is 2.12. The van der Waals surface area contributed by atoms with Gasteiger partial charge in [-0.1, -0.05) is 13.8 Å². The molecule has 1 aromatic rings. The largest absolute Gasteiger partial charge is 0.382 e. The average molecular weight is 350 g/mol. The number of rotatable bonds is 11. The van der Waals surface area contributed by atoms with Crippen molar-refractivity contribution >= 4 is 11.8 Å². The van der Waals surface area contributed by atoms with Gasteiger partial charge in [0.05, 0.1) is 6.20 Å². The first kappa shape index (κ1) is 21.0. The zero-order chi connectivity index (χ0) is 18.7. The summed E-state index contributed by atoms with van der Waals surface area (Å²) in [4.78, 5) is 34.3. The van der Waals surface area contributed by atoms with Crippen LogP contribution in [0.25, 0.3) is 0 Å². The van der Waals surface area contributed by atoms with Gasteiger partial charge in [0.1, 0.15) is 5.69 Å². The quantitative estimate of drug-likeness (QED) is 0.616. The summed E-state index contributed by atoms with van der Waals surface area (Å²) in [5.41, 5.74) is 0.287. The van der Waals surface area contributed by atoms with Gasteiger partial charge in [-0.25, -0.2) is 4.98 Å². The molecule has 140 valence electrons. The summed E-state index contributed by atoms with van der Waals surface area (Å²) >= 11 is 0. The molecule has 1 atom stereocenters. The highest BCUT2D eigenvalue weighted by Crippen LogP contribution is 2.05. The third-order valence-corrected chi connectivity index (χ3v) is 3.99. The van der Waals surface area contributed by atoms with Gasteiger partial charge in [-0.15, -0.1) is 0 Å². The third-order valence-electron chi connectivity index (χ3n) is 3.99. The molecule has 1 rings (SSSR count). The van der Waals surface area contributed by atoms with Gasteiger partial charge in [0.2, 0.25) is 5.91 Å². The highest BCUT2D eigenvalue weighted by atomic mass is 16.5. The Hall–Kier alpha value is -2.02. The van der Waals surface area contributed by atoms with Crippen molar-refractivity contribution in [3.8, 4) is 0 Å². The minimum absolute atomic E-state index is 0.0528. The second-order valence-corrected chi connectivity index (χ2v) is 6.28. The highest BCUT2D eigenvalue weighted by Gasteiger charge is 2.19. The van der Waals surface area contributed by atoms with Gasteiger partial charge in [-0.05, 0) is 26.2 Å². The van der Waals surface area contributed by atoms with E-state index in [4.69, 9.17) is 4.74 Å². The molecule has 7 nitrogen and oxygen atoms in total. The molecule has 1 aromatic heterocycles. The first-order valence-corrected chi connectivity index (χ1v) is 8.88. The van der Waals surface area contributed by atoms with Crippen LogP contribution in [0.4, 0.5) is 0 Å². The van der Waals surface area contributed by atoms with E-state index >= 15 is 0 Å². The molecule has 0 saturated carbocycles. The first-order chi connectivity index (χ1) is 12.0. The van der Waals surface area contributed by atoms with E-state index < -0.39 is 0 Å². The van der Waals surface area contributed by atoms with Gasteiger partial charge in [0, 0.05) is 51.2 Å². The highest BCUT2D eigenvalue weighted by molar-refractivity contribution is 5.92. The topological polar surface area (TPSA) is 84.4 Å². The maximum absolute atomic E-state index is 12.6.